The first-order valence-electron chi connectivity index (χ1n) is 9.17. The van der Waals surface area contributed by atoms with E-state index < -0.39 is 15.9 Å². The molecule has 0 fully saturated rings. The van der Waals surface area contributed by atoms with Crippen LogP contribution in [0.15, 0.2) is 76.7 Å². The maximum absolute atomic E-state index is 12.9. The van der Waals surface area contributed by atoms with Gasteiger partial charge in [-0.3, -0.25) is 14.2 Å². The second-order valence-electron chi connectivity index (χ2n) is 6.82. The molecule has 2 aromatic carbocycles. The van der Waals surface area contributed by atoms with Crippen molar-refractivity contribution in [2.75, 3.05) is 6.54 Å². The Morgan fingerprint density at radius 2 is 1.67 bits per heavy atom. The molecule has 0 saturated heterocycles. The number of hydrogen-bond donors (Lipinski definition) is 0. The highest BCUT2D eigenvalue weighted by molar-refractivity contribution is 7.90. The number of sulfonamides is 1. The minimum atomic E-state index is -3.90. The Hall–Kier alpha value is -3.30. The van der Waals surface area contributed by atoms with Gasteiger partial charge in [-0.15, -0.1) is 11.3 Å². The van der Waals surface area contributed by atoms with E-state index in [-0.39, 0.29) is 29.1 Å². The first kappa shape index (κ1) is 18.7. The van der Waals surface area contributed by atoms with Gasteiger partial charge in [0.25, 0.3) is 21.5 Å². The van der Waals surface area contributed by atoms with Gasteiger partial charge in [-0.2, -0.15) is 0 Å². The van der Waals surface area contributed by atoms with Crippen molar-refractivity contribution >= 4 is 37.5 Å². The fourth-order valence-electron chi connectivity index (χ4n) is 3.51. The van der Waals surface area contributed by atoms with Crippen molar-refractivity contribution in [2.45, 2.75) is 11.4 Å². The van der Waals surface area contributed by atoms with E-state index >= 15 is 0 Å². The summed E-state index contributed by atoms with van der Waals surface area (Å²) in [6.07, 6.45) is 1.40. The highest BCUT2D eigenvalue weighted by atomic mass is 32.2. The lowest BCUT2D eigenvalue weighted by Crippen LogP contribution is -2.35. The van der Waals surface area contributed by atoms with Crippen LogP contribution in [-0.2, 0) is 16.6 Å². The van der Waals surface area contributed by atoms with Crippen LogP contribution in [-0.4, -0.2) is 34.7 Å². The molecule has 1 aliphatic heterocycles. The lowest BCUT2D eigenvalue weighted by atomic mass is 10.2. The predicted octanol–water partition coefficient (Wildman–Crippen LogP) is 2.97. The number of nitrogens with zero attached hydrogens (tertiary/aromatic N) is 3. The van der Waals surface area contributed by atoms with Crippen LogP contribution in [0.25, 0.3) is 20.7 Å². The summed E-state index contributed by atoms with van der Waals surface area (Å²) in [6.45, 7) is -0.115. The van der Waals surface area contributed by atoms with Crippen molar-refractivity contribution in [3.05, 3.63) is 82.9 Å². The van der Waals surface area contributed by atoms with Crippen LogP contribution in [0.3, 0.4) is 0 Å². The molecule has 0 radical (unpaired) electrons. The third-order valence-corrected chi connectivity index (χ3v) is 7.97. The van der Waals surface area contributed by atoms with Crippen molar-refractivity contribution in [1.29, 1.82) is 0 Å². The fraction of sp³-hybridized carbons (Fsp3) is 0.0952. The molecule has 0 aliphatic carbocycles. The minimum absolute atomic E-state index is 0.00117. The van der Waals surface area contributed by atoms with Crippen LogP contribution < -0.4 is 5.56 Å². The molecule has 150 valence electrons. The van der Waals surface area contributed by atoms with E-state index in [0.29, 0.717) is 10.2 Å². The summed E-state index contributed by atoms with van der Waals surface area (Å²) < 4.78 is 27.5. The summed E-state index contributed by atoms with van der Waals surface area (Å²) in [5.41, 5.74) is 0.890. The first-order chi connectivity index (χ1) is 14.5. The molecule has 7 nitrogen and oxygen atoms in total. The predicted molar refractivity (Wildman–Crippen MR) is 114 cm³/mol. The molecule has 9 heteroatoms. The van der Waals surface area contributed by atoms with Gasteiger partial charge in [0.1, 0.15) is 9.73 Å². The van der Waals surface area contributed by atoms with Crippen molar-refractivity contribution < 1.29 is 13.2 Å². The number of rotatable bonds is 4. The van der Waals surface area contributed by atoms with Crippen LogP contribution in [0.2, 0.25) is 0 Å². The zero-order valence-electron chi connectivity index (χ0n) is 15.6. The van der Waals surface area contributed by atoms with Crippen molar-refractivity contribution in [3.63, 3.8) is 0 Å². The van der Waals surface area contributed by atoms with Crippen LogP contribution in [0.1, 0.15) is 10.4 Å². The molecule has 0 unspecified atom stereocenters. The molecular weight excluding hydrogens is 422 g/mol. The monoisotopic (exact) mass is 437 g/mol. The summed E-state index contributed by atoms with van der Waals surface area (Å²) in [6, 6.07) is 17.6. The average molecular weight is 438 g/mol. The van der Waals surface area contributed by atoms with Crippen molar-refractivity contribution in [2.24, 2.45) is 0 Å². The zero-order valence-corrected chi connectivity index (χ0v) is 17.2. The second kappa shape index (κ2) is 6.89. The lowest BCUT2D eigenvalue weighted by Gasteiger charge is -2.15. The highest BCUT2D eigenvalue weighted by Crippen LogP contribution is 2.31. The standard InChI is InChI=1S/C21H15N3O4S2/c25-20-16-12-17(14-6-2-1-3-7-14)29-19(16)22-13-23(20)10-11-24-21(26)15-8-4-5-9-18(15)30(24,27)28/h1-9,12-13H,10-11H2. The van der Waals surface area contributed by atoms with Crippen LogP contribution in [0.4, 0.5) is 0 Å². The van der Waals surface area contributed by atoms with E-state index in [4.69, 9.17) is 0 Å². The molecule has 1 aliphatic rings. The molecule has 0 bridgehead atoms. The van der Waals surface area contributed by atoms with Gasteiger partial charge in [0.05, 0.1) is 23.8 Å². The third kappa shape index (κ3) is 2.86. The first-order valence-corrected chi connectivity index (χ1v) is 11.4. The Labute approximate surface area is 175 Å². The molecule has 0 N–H and O–H groups in total. The summed E-state index contributed by atoms with van der Waals surface area (Å²) >= 11 is 1.42. The fourth-order valence-corrected chi connectivity index (χ4v) is 6.07. The third-order valence-electron chi connectivity index (χ3n) is 5.03. The van der Waals surface area contributed by atoms with E-state index in [1.807, 2.05) is 30.3 Å². The van der Waals surface area contributed by atoms with Crippen LogP contribution in [0, 0.1) is 0 Å². The Morgan fingerprint density at radius 3 is 2.43 bits per heavy atom. The number of benzene rings is 2. The smallest absolute Gasteiger partial charge is 0.269 e. The average Bonchev–Trinajstić information content (AvgIpc) is 3.28. The molecule has 0 spiro atoms. The van der Waals surface area contributed by atoms with E-state index in [1.165, 1.54) is 34.4 Å². The lowest BCUT2D eigenvalue weighted by molar-refractivity contribution is 0.0868. The van der Waals surface area contributed by atoms with Gasteiger partial charge in [0.15, 0.2) is 0 Å². The van der Waals surface area contributed by atoms with E-state index in [1.54, 1.807) is 18.2 Å². The van der Waals surface area contributed by atoms with E-state index in [2.05, 4.69) is 4.98 Å². The highest BCUT2D eigenvalue weighted by Gasteiger charge is 2.40. The van der Waals surface area contributed by atoms with Gasteiger partial charge < -0.3 is 0 Å². The maximum Gasteiger partial charge on any atom is 0.269 e. The molecule has 3 heterocycles. The zero-order chi connectivity index (χ0) is 20.9. The van der Waals surface area contributed by atoms with Gasteiger partial charge in [0, 0.05) is 11.4 Å². The SMILES string of the molecule is O=C1c2ccccc2S(=O)(=O)N1CCn1cnc2sc(-c3ccccc3)cc2c1=O. The van der Waals surface area contributed by atoms with Gasteiger partial charge in [-0.05, 0) is 23.8 Å². The number of aromatic nitrogens is 2. The Morgan fingerprint density at radius 1 is 0.933 bits per heavy atom. The van der Waals surface area contributed by atoms with E-state index in [0.717, 1.165) is 14.7 Å². The molecular formula is C21H15N3O4S2. The number of thiophene rings is 1. The molecule has 1 amide bonds. The maximum atomic E-state index is 12.9. The molecule has 30 heavy (non-hydrogen) atoms. The summed E-state index contributed by atoms with van der Waals surface area (Å²) in [7, 11) is -3.90. The molecule has 5 rings (SSSR count). The number of hydrogen-bond acceptors (Lipinski definition) is 6. The number of carbonyl (C=O) groups is 1. The van der Waals surface area contributed by atoms with Gasteiger partial charge in [-0.1, -0.05) is 42.5 Å². The Balaban J connectivity index is 1.45. The van der Waals surface area contributed by atoms with E-state index in [9.17, 15) is 18.0 Å². The number of fused-ring (bicyclic) bond motifs is 2. The molecule has 2 aromatic heterocycles. The van der Waals surface area contributed by atoms with Gasteiger partial charge >= 0.3 is 0 Å². The quantitative estimate of drug-likeness (QED) is 0.490. The Kier molecular flexibility index (Phi) is 4.30. The summed E-state index contributed by atoms with van der Waals surface area (Å²) in [5, 5.41) is 0.472. The van der Waals surface area contributed by atoms with Crippen molar-refractivity contribution in [1.82, 2.24) is 13.9 Å². The summed E-state index contributed by atoms with van der Waals surface area (Å²) in [4.78, 5) is 31.4. The van der Waals surface area contributed by atoms with Crippen LogP contribution in [0.5, 0.6) is 0 Å². The molecule has 0 saturated carbocycles. The normalized spacial score (nSPS) is 14.9. The number of amides is 1. The van der Waals surface area contributed by atoms with Gasteiger partial charge in [-0.25, -0.2) is 17.7 Å². The van der Waals surface area contributed by atoms with Crippen molar-refractivity contribution in [3.8, 4) is 10.4 Å². The summed E-state index contributed by atoms with van der Waals surface area (Å²) in [5.74, 6) is -0.574. The van der Waals surface area contributed by atoms with Gasteiger partial charge in [0.2, 0.25) is 0 Å². The molecule has 4 aromatic rings. The second-order valence-corrected chi connectivity index (χ2v) is 9.68. The Bertz CT molecular complexity index is 1460. The number of carbonyl (C=O) groups excluding carboxylic acids is 1. The minimum Gasteiger partial charge on any atom is -0.297 e. The molecule has 0 atom stereocenters. The topological polar surface area (TPSA) is 89.3 Å². The van der Waals surface area contributed by atoms with Crippen LogP contribution >= 0.6 is 11.3 Å². The largest absolute Gasteiger partial charge is 0.297 e.